The Labute approximate surface area is 175 Å². The molecule has 0 N–H and O–H groups in total. The van der Waals surface area contributed by atoms with E-state index in [4.69, 9.17) is 9.47 Å². The van der Waals surface area contributed by atoms with Gasteiger partial charge in [-0.15, -0.1) is 0 Å². The number of piperazine rings is 1. The second kappa shape index (κ2) is 9.04. The maximum Gasteiger partial charge on any atom is 0.223 e. The summed E-state index contributed by atoms with van der Waals surface area (Å²) in [6, 6.07) is 12.4. The highest BCUT2D eigenvalue weighted by Crippen LogP contribution is 2.31. The first-order valence-electron chi connectivity index (χ1n) is 10.3. The fraction of sp³-hybridized carbons (Fsp3) is 0.391. The normalized spacial score (nSPS) is 16.0. The van der Waals surface area contributed by atoms with Gasteiger partial charge in [0.15, 0.2) is 11.5 Å². The largest absolute Gasteiger partial charge is 0.490 e. The second-order valence-corrected chi connectivity index (χ2v) is 7.45. The van der Waals surface area contributed by atoms with Crippen molar-refractivity contribution in [1.82, 2.24) is 4.90 Å². The van der Waals surface area contributed by atoms with Gasteiger partial charge in [-0.25, -0.2) is 4.39 Å². The van der Waals surface area contributed by atoms with Crippen molar-refractivity contribution in [2.75, 3.05) is 44.3 Å². The molecule has 0 saturated carbocycles. The van der Waals surface area contributed by atoms with Crippen molar-refractivity contribution >= 4 is 11.6 Å². The molecule has 2 aromatic rings. The maximum absolute atomic E-state index is 13.9. The fourth-order valence-electron chi connectivity index (χ4n) is 3.86. The third-order valence-electron chi connectivity index (χ3n) is 5.52. The zero-order valence-corrected chi connectivity index (χ0v) is 16.8. The predicted octanol–water partition coefficient (Wildman–Crippen LogP) is 3.14. The van der Waals surface area contributed by atoms with E-state index in [2.05, 4.69) is 0 Å². The zero-order chi connectivity index (χ0) is 20.9. The van der Waals surface area contributed by atoms with Crippen LogP contribution in [0.4, 0.5) is 10.1 Å². The molecule has 1 saturated heterocycles. The minimum absolute atomic E-state index is 0.0617. The van der Waals surface area contributed by atoms with E-state index in [0.717, 1.165) is 23.5 Å². The number of nitrogens with zero attached hydrogens (tertiary/aromatic N) is 3. The topological polar surface area (TPSA) is 65.8 Å². The number of anilines is 1. The summed E-state index contributed by atoms with van der Waals surface area (Å²) in [5.74, 6) is 1.09. The molecule has 0 bridgehead atoms. The molecule has 0 unspecified atom stereocenters. The van der Waals surface area contributed by atoms with E-state index in [1.807, 2.05) is 34.1 Å². The third-order valence-corrected chi connectivity index (χ3v) is 5.52. The van der Waals surface area contributed by atoms with E-state index in [1.165, 1.54) is 6.07 Å². The summed E-state index contributed by atoms with van der Waals surface area (Å²) in [6.45, 7) is 3.56. The monoisotopic (exact) mass is 409 g/mol. The van der Waals surface area contributed by atoms with Gasteiger partial charge in [-0.2, -0.15) is 5.26 Å². The first-order valence-corrected chi connectivity index (χ1v) is 10.3. The lowest BCUT2D eigenvalue weighted by atomic mass is 10.1. The van der Waals surface area contributed by atoms with Crippen LogP contribution in [0.2, 0.25) is 0 Å². The lowest BCUT2D eigenvalue weighted by molar-refractivity contribution is -0.131. The van der Waals surface area contributed by atoms with Crippen molar-refractivity contribution in [2.45, 2.75) is 19.3 Å². The number of hydrogen-bond acceptors (Lipinski definition) is 5. The molecule has 2 heterocycles. The third kappa shape index (κ3) is 4.33. The molecule has 0 aliphatic carbocycles. The molecule has 0 radical (unpaired) electrons. The van der Waals surface area contributed by atoms with Crippen molar-refractivity contribution in [3.8, 4) is 17.6 Å². The van der Waals surface area contributed by atoms with Crippen molar-refractivity contribution in [1.29, 1.82) is 5.26 Å². The minimum atomic E-state index is -0.511. The van der Waals surface area contributed by atoms with Gasteiger partial charge < -0.3 is 19.3 Å². The standard InChI is InChI=1S/C23H24FN3O3/c24-19-3-1-4-20(18(19)16-25)26-9-11-27(12-10-26)23(28)8-6-17-5-7-21-22(15-17)30-14-2-13-29-21/h1,3-5,7,15H,2,6,8-14H2. The van der Waals surface area contributed by atoms with E-state index in [9.17, 15) is 14.4 Å². The van der Waals surface area contributed by atoms with Crippen LogP contribution in [0.15, 0.2) is 36.4 Å². The zero-order valence-electron chi connectivity index (χ0n) is 16.8. The summed E-state index contributed by atoms with van der Waals surface area (Å²) < 4.78 is 25.2. The summed E-state index contributed by atoms with van der Waals surface area (Å²) in [7, 11) is 0. The number of nitriles is 1. The molecule has 2 aliphatic heterocycles. The first kappa shape index (κ1) is 20.0. The van der Waals surface area contributed by atoms with E-state index in [-0.39, 0.29) is 11.5 Å². The Morgan fingerprint density at radius 1 is 1.07 bits per heavy atom. The maximum atomic E-state index is 13.9. The number of ether oxygens (including phenoxy) is 2. The molecular formula is C23H24FN3O3. The molecular weight excluding hydrogens is 385 g/mol. The molecule has 1 fully saturated rings. The Balaban J connectivity index is 1.32. The number of benzene rings is 2. The highest BCUT2D eigenvalue weighted by atomic mass is 19.1. The summed E-state index contributed by atoms with van der Waals surface area (Å²) in [4.78, 5) is 16.5. The number of amides is 1. The van der Waals surface area contributed by atoms with Crippen LogP contribution in [0.5, 0.6) is 11.5 Å². The van der Waals surface area contributed by atoms with Crippen LogP contribution in [0.1, 0.15) is 24.0 Å². The molecule has 156 valence electrons. The van der Waals surface area contributed by atoms with Gasteiger partial charge in [-0.1, -0.05) is 12.1 Å². The predicted molar refractivity (Wildman–Crippen MR) is 110 cm³/mol. The molecule has 4 rings (SSSR count). The Hall–Kier alpha value is -3.27. The average molecular weight is 409 g/mol. The van der Waals surface area contributed by atoms with Crippen LogP contribution >= 0.6 is 0 Å². The summed E-state index contributed by atoms with van der Waals surface area (Å²) in [5.41, 5.74) is 1.70. The quantitative estimate of drug-likeness (QED) is 0.776. The number of fused-ring (bicyclic) bond motifs is 1. The number of carbonyl (C=O) groups excluding carboxylic acids is 1. The SMILES string of the molecule is N#Cc1c(F)cccc1N1CCN(C(=O)CCc2ccc3c(c2)OCCCO3)CC1. The molecule has 2 aliphatic rings. The molecule has 6 nitrogen and oxygen atoms in total. The van der Waals surface area contributed by atoms with Crippen molar-refractivity contribution in [3.63, 3.8) is 0 Å². The van der Waals surface area contributed by atoms with E-state index >= 15 is 0 Å². The van der Waals surface area contributed by atoms with Gasteiger partial charge in [0, 0.05) is 39.0 Å². The summed E-state index contributed by atoms with van der Waals surface area (Å²) in [6.07, 6.45) is 1.92. The van der Waals surface area contributed by atoms with Crippen LogP contribution in [0, 0.1) is 17.1 Å². The number of aryl methyl sites for hydroxylation is 1. The van der Waals surface area contributed by atoms with Crippen LogP contribution in [-0.2, 0) is 11.2 Å². The van der Waals surface area contributed by atoms with Crippen LogP contribution < -0.4 is 14.4 Å². The smallest absolute Gasteiger partial charge is 0.223 e. The van der Waals surface area contributed by atoms with E-state index in [1.54, 1.807) is 12.1 Å². The van der Waals surface area contributed by atoms with Gasteiger partial charge in [-0.05, 0) is 36.2 Å². The lowest BCUT2D eigenvalue weighted by Gasteiger charge is -2.36. The summed E-state index contributed by atoms with van der Waals surface area (Å²) in [5, 5.41) is 9.24. The van der Waals surface area contributed by atoms with Gasteiger partial charge in [-0.3, -0.25) is 4.79 Å². The number of carbonyl (C=O) groups is 1. The number of rotatable bonds is 4. The van der Waals surface area contributed by atoms with Crippen LogP contribution in [-0.4, -0.2) is 50.2 Å². The Morgan fingerprint density at radius 3 is 2.60 bits per heavy atom. The van der Waals surface area contributed by atoms with Crippen molar-refractivity contribution in [3.05, 3.63) is 53.3 Å². The van der Waals surface area contributed by atoms with Crippen molar-refractivity contribution < 1.29 is 18.7 Å². The Bertz CT molecular complexity index is 965. The highest BCUT2D eigenvalue weighted by Gasteiger charge is 2.23. The number of halogens is 1. The second-order valence-electron chi connectivity index (χ2n) is 7.45. The first-order chi connectivity index (χ1) is 14.7. The Morgan fingerprint density at radius 2 is 1.83 bits per heavy atom. The van der Waals surface area contributed by atoms with E-state index in [0.29, 0.717) is 57.9 Å². The van der Waals surface area contributed by atoms with Gasteiger partial charge in [0.25, 0.3) is 0 Å². The molecule has 30 heavy (non-hydrogen) atoms. The Kier molecular flexibility index (Phi) is 6.03. The van der Waals surface area contributed by atoms with Crippen LogP contribution in [0.25, 0.3) is 0 Å². The van der Waals surface area contributed by atoms with Gasteiger partial charge >= 0.3 is 0 Å². The van der Waals surface area contributed by atoms with Crippen molar-refractivity contribution in [2.24, 2.45) is 0 Å². The van der Waals surface area contributed by atoms with Gasteiger partial charge in [0.1, 0.15) is 17.4 Å². The highest BCUT2D eigenvalue weighted by molar-refractivity contribution is 5.77. The molecule has 7 heteroatoms. The van der Waals surface area contributed by atoms with E-state index < -0.39 is 5.82 Å². The van der Waals surface area contributed by atoms with Crippen LogP contribution in [0.3, 0.4) is 0 Å². The average Bonchev–Trinajstić information content (AvgIpc) is 3.02. The lowest BCUT2D eigenvalue weighted by Crippen LogP contribution is -2.49. The number of hydrogen-bond donors (Lipinski definition) is 0. The fourth-order valence-corrected chi connectivity index (χ4v) is 3.86. The molecule has 1 amide bonds. The minimum Gasteiger partial charge on any atom is -0.490 e. The summed E-state index contributed by atoms with van der Waals surface area (Å²) >= 11 is 0. The molecule has 0 atom stereocenters. The molecule has 2 aromatic carbocycles. The molecule has 0 aromatic heterocycles. The molecule has 0 spiro atoms. The van der Waals surface area contributed by atoms with Gasteiger partial charge in [0.05, 0.1) is 18.9 Å². The van der Waals surface area contributed by atoms with Gasteiger partial charge in [0.2, 0.25) is 5.91 Å².